The van der Waals surface area contributed by atoms with Crippen LogP contribution in [0.25, 0.3) is 0 Å². The third-order valence-electron chi connectivity index (χ3n) is 6.53. The molecule has 1 nitrogen and oxygen atoms in total. The van der Waals surface area contributed by atoms with Crippen LogP contribution < -0.4 is 0 Å². The molecule has 0 rings (SSSR count). The Morgan fingerprint density at radius 2 is 0.576 bits per heavy atom. The molecular weight excluding hydrogens is 398 g/mol. The predicted octanol–water partition coefficient (Wildman–Crippen LogP) is 10.3. The van der Waals surface area contributed by atoms with Crippen LogP contribution in [0.5, 0.6) is 0 Å². The maximum Gasteiger partial charge on any atom is 0.0981 e. The summed E-state index contributed by atoms with van der Waals surface area (Å²) in [6.07, 6.45) is 40.6. The monoisotopic (exact) mass is 458 g/mol. The maximum absolute atomic E-state index is 2.48. The lowest BCUT2D eigenvalue weighted by atomic mass is 10.1. The van der Waals surface area contributed by atoms with Gasteiger partial charge in [0.05, 0.1) is 26.2 Å². The Bertz CT molecular complexity index is 403. The fourth-order valence-corrected chi connectivity index (χ4v) is 4.16. The van der Waals surface area contributed by atoms with Gasteiger partial charge in [-0.1, -0.05) is 103 Å². The van der Waals surface area contributed by atoms with Crippen molar-refractivity contribution in [2.45, 2.75) is 130 Å². The molecule has 0 aliphatic carbocycles. The molecule has 0 aliphatic heterocycles. The van der Waals surface area contributed by atoms with Gasteiger partial charge < -0.3 is 4.48 Å². The summed E-state index contributed by atoms with van der Waals surface area (Å²) in [6, 6.07) is 0. The summed E-state index contributed by atoms with van der Waals surface area (Å²) in [5, 5.41) is 0. The molecule has 0 aromatic carbocycles. The molecule has 0 unspecified atom stereocenters. The van der Waals surface area contributed by atoms with E-state index in [0.29, 0.717) is 0 Å². The normalized spacial score (nSPS) is 13.0. The van der Waals surface area contributed by atoms with Crippen LogP contribution in [-0.2, 0) is 0 Å². The van der Waals surface area contributed by atoms with E-state index in [1.165, 1.54) is 103 Å². The second kappa shape index (κ2) is 25.5. The smallest absolute Gasteiger partial charge is 0.0981 e. The molecule has 0 atom stereocenters. The first-order chi connectivity index (χ1) is 16.2. The van der Waals surface area contributed by atoms with Gasteiger partial charge in [0.1, 0.15) is 0 Å². The van der Waals surface area contributed by atoms with Crippen molar-refractivity contribution >= 4 is 0 Å². The van der Waals surface area contributed by atoms with Crippen LogP contribution in [-0.4, -0.2) is 30.7 Å². The van der Waals surface area contributed by atoms with E-state index in [1.807, 2.05) is 0 Å². The average molecular weight is 459 g/mol. The first kappa shape index (κ1) is 31.9. The molecule has 0 N–H and O–H groups in total. The van der Waals surface area contributed by atoms with Gasteiger partial charge >= 0.3 is 0 Å². The van der Waals surface area contributed by atoms with Crippen molar-refractivity contribution in [2.75, 3.05) is 26.2 Å². The van der Waals surface area contributed by atoms with Gasteiger partial charge in [0.25, 0.3) is 0 Å². The highest BCUT2D eigenvalue weighted by atomic mass is 15.3. The van der Waals surface area contributed by atoms with Crippen molar-refractivity contribution in [3.05, 3.63) is 48.6 Å². The van der Waals surface area contributed by atoms with Gasteiger partial charge in [-0.15, -0.1) is 0 Å². The topological polar surface area (TPSA) is 0 Å². The van der Waals surface area contributed by atoms with Crippen molar-refractivity contribution in [1.29, 1.82) is 0 Å². The molecule has 0 aromatic rings. The van der Waals surface area contributed by atoms with Crippen molar-refractivity contribution < 1.29 is 4.48 Å². The van der Waals surface area contributed by atoms with Crippen LogP contribution in [0.1, 0.15) is 130 Å². The summed E-state index contributed by atoms with van der Waals surface area (Å²) < 4.78 is 1.13. The third-order valence-corrected chi connectivity index (χ3v) is 6.53. The molecular formula is C32H60N+. The van der Waals surface area contributed by atoms with E-state index in [2.05, 4.69) is 76.3 Å². The highest BCUT2D eigenvalue weighted by Crippen LogP contribution is 2.13. The SMILES string of the molecule is CCCCC/C=C/C[N+](C/C=C/CCCCC)(C/C=C/CCCCC)C/C=C/CCCCC. The van der Waals surface area contributed by atoms with Gasteiger partial charge in [-0.25, -0.2) is 0 Å². The molecule has 33 heavy (non-hydrogen) atoms. The highest BCUT2D eigenvalue weighted by molar-refractivity contribution is 4.91. The maximum atomic E-state index is 2.48. The van der Waals surface area contributed by atoms with Gasteiger partial charge in [-0.05, 0) is 75.7 Å². The number of hydrogen-bond donors (Lipinski definition) is 0. The van der Waals surface area contributed by atoms with E-state index < -0.39 is 0 Å². The average Bonchev–Trinajstić information content (AvgIpc) is 2.83. The minimum atomic E-state index is 1.13. The Kier molecular flexibility index (Phi) is 24.7. The van der Waals surface area contributed by atoms with Crippen LogP contribution >= 0.6 is 0 Å². The second-order valence-corrected chi connectivity index (χ2v) is 9.94. The molecule has 0 amide bonds. The summed E-state index contributed by atoms with van der Waals surface area (Å²) >= 11 is 0. The van der Waals surface area contributed by atoms with Crippen molar-refractivity contribution in [2.24, 2.45) is 0 Å². The van der Waals surface area contributed by atoms with Crippen LogP contribution in [0.2, 0.25) is 0 Å². The van der Waals surface area contributed by atoms with Gasteiger partial charge in [0.15, 0.2) is 0 Å². The largest absolute Gasteiger partial charge is 0.311 e. The molecule has 0 bridgehead atoms. The van der Waals surface area contributed by atoms with E-state index in [9.17, 15) is 0 Å². The molecule has 0 spiro atoms. The Balaban J connectivity index is 5.18. The zero-order valence-electron chi connectivity index (χ0n) is 23.2. The quantitative estimate of drug-likeness (QED) is 0.0766. The Morgan fingerprint density at radius 3 is 0.788 bits per heavy atom. The Morgan fingerprint density at radius 1 is 0.333 bits per heavy atom. The van der Waals surface area contributed by atoms with Gasteiger partial charge in [0, 0.05) is 0 Å². The summed E-state index contributed by atoms with van der Waals surface area (Å²) in [5.74, 6) is 0. The van der Waals surface area contributed by atoms with E-state index in [1.54, 1.807) is 0 Å². The molecule has 0 saturated heterocycles. The number of quaternary nitrogens is 1. The first-order valence-electron chi connectivity index (χ1n) is 14.7. The van der Waals surface area contributed by atoms with Crippen LogP contribution in [0, 0.1) is 0 Å². The van der Waals surface area contributed by atoms with E-state index in [-0.39, 0.29) is 0 Å². The zero-order chi connectivity index (χ0) is 24.3. The molecule has 0 saturated carbocycles. The van der Waals surface area contributed by atoms with Crippen LogP contribution in [0.4, 0.5) is 0 Å². The van der Waals surface area contributed by atoms with Crippen LogP contribution in [0.15, 0.2) is 48.6 Å². The lowest BCUT2D eigenvalue weighted by molar-refractivity contribution is -0.906. The van der Waals surface area contributed by atoms with Crippen molar-refractivity contribution in [3.63, 3.8) is 0 Å². The summed E-state index contributed by atoms with van der Waals surface area (Å²) in [4.78, 5) is 0. The number of rotatable bonds is 24. The van der Waals surface area contributed by atoms with E-state index >= 15 is 0 Å². The van der Waals surface area contributed by atoms with Crippen LogP contribution in [0.3, 0.4) is 0 Å². The summed E-state index contributed by atoms with van der Waals surface area (Å²) in [6.45, 7) is 13.7. The number of unbranched alkanes of at least 4 members (excludes halogenated alkanes) is 12. The molecule has 0 aliphatic rings. The van der Waals surface area contributed by atoms with E-state index in [0.717, 1.165) is 30.7 Å². The van der Waals surface area contributed by atoms with E-state index in [4.69, 9.17) is 0 Å². The molecule has 0 fully saturated rings. The highest BCUT2D eigenvalue weighted by Gasteiger charge is 2.21. The molecule has 0 aromatic heterocycles. The van der Waals surface area contributed by atoms with Crippen molar-refractivity contribution in [1.82, 2.24) is 0 Å². The Hall–Kier alpha value is -1.08. The minimum Gasteiger partial charge on any atom is -0.311 e. The Labute approximate surface area is 209 Å². The number of allylic oxidation sites excluding steroid dienone is 4. The number of nitrogens with zero attached hydrogens (tertiary/aromatic N) is 1. The first-order valence-corrected chi connectivity index (χ1v) is 14.7. The standard InChI is InChI=1S/C32H60N/c1-5-9-13-17-21-25-29-33(30-26-22-18-14-10-6-2,31-27-23-19-15-11-7-3)32-28-24-20-16-12-8-4/h21-28H,5-20,29-32H2,1-4H3/q+1/b25-21+,26-22+,27-23+,28-24+. The fraction of sp³-hybridized carbons (Fsp3) is 0.750. The van der Waals surface area contributed by atoms with Gasteiger partial charge in [0.2, 0.25) is 0 Å². The lowest BCUT2D eigenvalue weighted by Crippen LogP contribution is -2.48. The lowest BCUT2D eigenvalue weighted by Gasteiger charge is -2.35. The number of hydrogen-bond acceptors (Lipinski definition) is 0. The van der Waals surface area contributed by atoms with Gasteiger partial charge in [-0.2, -0.15) is 0 Å². The fourth-order valence-electron chi connectivity index (χ4n) is 4.16. The summed E-state index contributed by atoms with van der Waals surface area (Å²) in [7, 11) is 0. The molecule has 0 heterocycles. The molecule has 192 valence electrons. The minimum absolute atomic E-state index is 1.13. The third kappa shape index (κ3) is 21.2. The summed E-state index contributed by atoms with van der Waals surface area (Å²) in [5.41, 5.74) is 0. The second-order valence-electron chi connectivity index (χ2n) is 9.94. The molecule has 1 heteroatoms. The van der Waals surface area contributed by atoms with Crippen molar-refractivity contribution in [3.8, 4) is 0 Å². The molecule has 0 radical (unpaired) electrons. The van der Waals surface area contributed by atoms with Gasteiger partial charge in [-0.3, -0.25) is 0 Å². The predicted molar refractivity (Wildman–Crippen MR) is 153 cm³/mol. The zero-order valence-corrected chi connectivity index (χ0v) is 23.2.